The Hall–Kier alpha value is -2.70. The van der Waals surface area contributed by atoms with Crippen LogP contribution in [-0.2, 0) is 16.1 Å². The predicted molar refractivity (Wildman–Crippen MR) is 85.2 cm³/mol. The summed E-state index contributed by atoms with van der Waals surface area (Å²) in [6.07, 6.45) is 0.699. The first-order chi connectivity index (χ1) is 11.4. The third-order valence-electron chi connectivity index (χ3n) is 4.15. The zero-order valence-electron chi connectivity index (χ0n) is 13.5. The molecule has 0 radical (unpaired) electrons. The van der Waals surface area contributed by atoms with Crippen molar-refractivity contribution in [2.24, 2.45) is 5.92 Å². The van der Waals surface area contributed by atoms with E-state index in [9.17, 15) is 14.0 Å². The molecular formula is C17H19FN4O2. The lowest BCUT2D eigenvalue weighted by Crippen LogP contribution is -2.44. The molecule has 1 aliphatic rings. The van der Waals surface area contributed by atoms with Crippen LogP contribution in [0.2, 0.25) is 0 Å². The molecule has 7 heteroatoms. The van der Waals surface area contributed by atoms with Gasteiger partial charge in [0.2, 0.25) is 5.91 Å². The first kappa shape index (κ1) is 16.2. The molecule has 2 amide bonds. The summed E-state index contributed by atoms with van der Waals surface area (Å²) in [5.74, 6) is -0.973. The van der Waals surface area contributed by atoms with Crippen molar-refractivity contribution in [2.75, 3.05) is 0 Å². The molecule has 1 aromatic heterocycles. The summed E-state index contributed by atoms with van der Waals surface area (Å²) in [4.78, 5) is 23.9. The molecule has 24 heavy (non-hydrogen) atoms. The predicted octanol–water partition coefficient (Wildman–Crippen LogP) is 1.59. The number of hydrogen-bond donors (Lipinski definition) is 2. The average Bonchev–Trinajstić information content (AvgIpc) is 3.27. The molecule has 1 heterocycles. The van der Waals surface area contributed by atoms with Crippen LogP contribution in [-0.4, -0.2) is 21.6 Å². The monoisotopic (exact) mass is 330 g/mol. The second-order valence-electron chi connectivity index (χ2n) is 6.12. The Morgan fingerprint density at radius 1 is 1.25 bits per heavy atom. The molecule has 3 rings (SSSR count). The number of rotatable bonds is 4. The quantitative estimate of drug-likeness (QED) is 0.836. The van der Waals surface area contributed by atoms with Gasteiger partial charge in [0.05, 0.1) is 5.69 Å². The highest BCUT2D eigenvalue weighted by Crippen LogP contribution is 2.47. The van der Waals surface area contributed by atoms with Crippen molar-refractivity contribution in [3.05, 3.63) is 53.1 Å². The third kappa shape index (κ3) is 3.61. The van der Waals surface area contributed by atoms with Gasteiger partial charge in [-0.2, -0.15) is 5.10 Å². The molecule has 2 N–H and O–H groups in total. The van der Waals surface area contributed by atoms with Crippen LogP contribution in [0.25, 0.3) is 0 Å². The Morgan fingerprint density at radius 2 is 1.96 bits per heavy atom. The molecule has 6 nitrogen and oxygen atoms in total. The lowest BCUT2D eigenvalue weighted by molar-refractivity contribution is -0.130. The van der Waals surface area contributed by atoms with Gasteiger partial charge in [-0.15, -0.1) is 0 Å². The van der Waals surface area contributed by atoms with Crippen molar-refractivity contribution in [3.8, 4) is 0 Å². The van der Waals surface area contributed by atoms with Crippen LogP contribution in [0, 0.1) is 25.6 Å². The van der Waals surface area contributed by atoms with E-state index in [2.05, 4.69) is 16.0 Å². The molecule has 1 aliphatic carbocycles. The van der Waals surface area contributed by atoms with Crippen LogP contribution < -0.4 is 10.9 Å². The van der Waals surface area contributed by atoms with Gasteiger partial charge in [-0.25, -0.2) is 4.39 Å². The largest absolute Gasteiger partial charge is 0.273 e. The molecule has 2 unspecified atom stereocenters. The van der Waals surface area contributed by atoms with E-state index in [0.717, 1.165) is 17.0 Å². The van der Waals surface area contributed by atoms with Crippen LogP contribution in [0.1, 0.15) is 29.3 Å². The molecule has 1 fully saturated rings. The fourth-order valence-electron chi connectivity index (χ4n) is 2.80. The van der Waals surface area contributed by atoms with Crippen molar-refractivity contribution in [1.29, 1.82) is 0 Å². The maximum atomic E-state index is 12.9. The highest BCUT2D eigenvalue weighted by Gasteiger charge is 2.44. The first-order valence-corrected chi connectivity index (χ1v) is 7.79. The number of nitrogens with one attached hydrogen (secondary N) is 2. The topological polar surface area (TPSA) is 76.0 Å². The molecule has 2 atom stereocenters. The lowest BCUT2D eigenvalue weighted by atomic mass is 10.1. The van der Waals surface area contributed by atoms with Gasteiger partial charge in [0, 0.05) is 11.6 Å². The van der Waals surface area contributed by atoms with Gasteiger partial charge in [0.15, 0.2) is 0 Å². The Labute approximate surface area is 139 Å². The number of hydrogen-bond acceptors (Lipinski definition) is 3. The van der Waals surface area contributed by atoms with Gasteiger partial charge in [-0.05, 0) is 49.9 Å². The van der Waals surface area contributed by atoms with Gasteiger partial charge in [-0.1, -0.05) is 12.1 Å². The van der Waals surface area contributed by atoms with Gasteiger partial charge in [0.25, 0.3) is 5.91 Å². The summed E-state index contributed by atoms with van der Waals surface area (Å²) in [6, 6.07) is 8.03. The van der Waals surface area contributed by atoms with E-state index in [4.69, 9.17) is 0 Å². The van der Waals surface area contributed by atoms with E-state index >= 15 is 0 Å². The SMILES string of the molecule is Cc1cc(C)n(CC(=O)NNC(=O)C2CC2c2ccc(F)cc2)n1. The van der Waals surface area contributed by atoms with E-state index in [-0.39, 0.29) is 36.0 Å². The van der Waals surface area contributed by atoms with Crippen LogP contribution in [0.3, 0.4) is 0 Å². The molecule has 1 aromatic carbocycles. The number of carbonyl (C=O) groups excluding carboxylic acids is 2. The zero-order valence-corrected chi connectivity index (χ0v) is 13.5. The Morgan fingerprint density at radius 3 is 2.58 bits per heavy atom. The van der Waals surface area contributed by atoms with Crippen molar-refractivity contribution in [1.82, 2.24) is 20.6 Å². The van der Waals surface area contributed by atoms with Crippen LogP contribution in [0.5, 0.6) is 0 Å². The van der Waals surface area contributed by atoms with E-state index in [0.29, 0.717) is 6.42 Å². The Balaban J connectivity index is 1.47. The summed E-state index contributed by atoms with van der Waals surface area (Å²) in [6.45, 7) is 3.77. The molecule has 126 valence electrons. The minimum atomic E-state index is -0.339. The van der Waals surface area contributed by atoms with Crippen molar-refractivity contribution >= 4 is 11.8 Å². The minimum Gasteiger partial charge on any atom is -0.273 e. The standard InChI is InChI=1S/C17H19FN4O2/c1-10-7-11(2)22(21-10)9-16(23)19-20-17(24)15-8-14(15)12-3-5-13(18)6-4-12/h3-7,14-15H,8-9H2,1-2H3,(H,19,23)(H,20,24). The maximum absolute atomic E-state index is 12.9. The second-order valence-corrected chi connectivity index (χ2v) is 6.12. The lowest BCUT2D eigenvalue weighted by Gasteiger charge is -2.08. The highest BCUT2D eigenvalue weighted by molar-refractivity contribution is 5.85. The summed E-state index contributed by atoms with van der Waals surface area (Å²) in [7, 11) is 0. The Kier molecular flexibility index (Phi) is 4.33. The summed E-state index contributed by atoms with van der Waals surface area (Å²) < 4.78 is 14.5. The molecule has 0 bridgehead atoms. The molecule has 0 spiro atoms. The van der Waals surface area contributed by atoms with Crippen LogP contribution in [0.15, 0.2) is 30.3 Å². The minimum absolute atomic E-state index is 0.0476. The molecule has 1 saturated carbocycles. The number of hydrazine groups is 1. The maximum Gasteiger partial charge on any atom is 0.260 e. The fraction of sp³-hybridized carbons (Fsp3) is 0.353. The average molecular weight is 330 g/mol. The van der Waals surface area contributed by atoms with Crippen molar-refractivity contribution in [2.45, 2.75) is 32.7 Å². The fourth-order valence-corrected chi connectivity index (χ4v) is 2.80. The zero-order chi connectivity index (χ0) is 17.3. The summed E-state index contributed by atoms with van der Waals surface area (Å²) >= 11 is 0. The highest BCUT2D eigenvalue weighted by atomic mass is 19.1. The number of nitrogens with zero attached hydrogens (tertiary/aromatic N) is 2. The smallest absolute Gasteiger partial charge is 0.260 e. The van der Waals surface area contributed by atoms with Gasteiger partial charge in [0.1, 0.15) is 12.4 Å². The Bertz CT molecular complexity index is 769. The van der Waals surface area contributed by atoms with E-state index < -0.39 is 0 Å². The van der Waals surface area contributed by atoms with E-state index in [1.807, 2.05) is 19.9 Å². The molecular weight excluding hydrogens is 311 g/mol. The number of amides is 2. The molecule has 0 saturated heterocycles. The number of carbonyl (C=O) groups is 2. The van der Waals surface area contributed by atoms with Gasteiger partial charge < -0.3 is 0 Å². The normalized spacial score (nSPS) is 19.0. The van der Waals surface area contributed by atoms with Gasteiger partial charge in [-0.3, -0.25) is 25.1 Å². The van der Waals surface area contributed by atoms with Crippen LogP contribution >= 0.6 is 0 Å². The number of benzene rings is 1. The number of halogens is 1. The van der Waals surface area contributed by atoms with E-state index in [1.165, 1.54) is 12.1 Å². The molecule has 0 aliphatic heterocycles. The van der Waals surface area contributed by atoms with Crippen molar-refractivity contribution < 1.29 is 14.0 Å². The van der Waals surface area contributed by atoms with Crippen molar-refractivity contribution in [3.63, 3.8) is 0 Å². The summed E-state index contributed by atoms with van der Waals surface area (Å²) in [5, 5.41) is 4.20. The van der Waals surface area contributed by atoms with Gasteiger partial charge >= 0.3 is 0 Å². The van der Waals surface area contributed by atoms with E-state index in [1.54, 1.807) is 16.8 Å². The second kappa shape index (κ2) is 6.43. The van der Waals surface area contributed by atoms with Crippen LogP contribution in [0.4, 0.5) is 4.39 Å². The number of aromatic nitrogens is 2. The number of aryl methyl sites for hydroxylation is 2. The summed E-state index contributed by atoms with van der Waals surface area (Å²) in [5.41, 5.74) is 7.51. The third-order valence-corrected chi connectivity index (χ3v) is 4.15. The first-order valence-electron chi connectivity index (χ1n) is 7.79. The molecule has 2 aromatic rings.